The van der Waals surface area contributed by atoms with Gasteiger partial charge < -0.3 is 19.9 Å². The molecule has 1 fully saturated rings. The molecular weight excluding hydrogens is 388 g/mol. The van der Waals surface area contributed by atoms with E-state index >= 15 is 0 Å². The lowest BCUT2D eigenvalue weighted by Crippen LogP contribution is -2.54. The second kappa shape index (κ2) is 8.49. The smallest absolute Gasteiger partial charge is 0.253 e. The Balaban J connectivity index is 1.58. The van der Waals surface area contributed by atoms with E-state index in [2.05, 4.69) is 10.3 Å². The van der Waals surface area contributed by atoms with E-state index < -0.39 is 5.54 Å². The quantitative estimate of drug-likeness (QED) is 0.648. The molecule has 3 aromatic rings. The zero-order valence-electron chi connectivity index (χ0n) is 16.3. The second-order valence-corrected chi connectivity index (χ2v) is 8.56. The molecular formula is C22H24N2O4S. The predicted octanol–water partition coefficient (Wildman–Crippen LogP) is 3.46. The molecule has 1 aliphatic heterocycles. The molecule has 0 atom stereocenters. The number of fused-ring (bicyclic) bond motifs is 1. The van der Waals surface area contributed by atoms with Gasteiger partial charge in [-0.2, -0.15) is 0 Å². The molecule has 1 aliphatic rings. The highest BCUT2D eigenvalue weighted by Crippen LogP contribution is 2.34. The first-order valence-corrected chi connectivity index (χ1v) is 10.5. The number of hydrogen-bond acceptors (Lipinski definition) is 6. The minimum atomic E-state index is -0.622. The minimum absolute atomic E-state index is 0.0956. The number of aryl methyl sites for hydroxylation is 1. The van der Waals surface area contributed by atoms with Gasteiger partial charge in [-0.25, -0.2) is 0 Å². The number of aliphatic hydroxyl groups excluding tert-OH is 1. The van der Waals surface area contributed by atoms with Gasteiger partial charge in [0.1, 0.15) is 12.4 Å². The molecule has 1 amide bonds. The molecule has 4 rings (SSSR count). The first-order valence-electron chi connectivity index (χ1n) is 9.67. The number of rotatable bonds is 6. The largest absolute Gasteiger partial charge is 0.487 e. The van der Waals surface area contributed by atoms with Gasteiger partial charge in [0.25, 0.3) is 5.91 Å². The number of pyridine rings is 1. The molecule has 0 bridgehead atoms. The number of aliphatic hydroxyl groups is 1. The lowest BCUT2D eigenvalue weighted by Gasteiger charge is -2.36. The number of nitrogens with zero attached hydrogens (tertiary/aromatic N) is 1. The molecule has 1 aromatic carbocycles. The molecule has 0 radical (unpaired) electrons. The van der Waals surface area contributed by atoms with Crippen molar-refractivity contribution in [2.75, 3.05) is 19.8 Å². The number of carbonyl (C=O) groups is 1. The summed E-state index contributed by atoms with van der Waals surface area (Å²) >= 11 is 1.58. The number of aromatic nitrogens is 1. The molecule has 0 unspecified atom stereocenters. The van der Waals surface area contributed by atoms with Gasteiger partial charge in [0.2, 0.25) is 0 Å². The second-order valence-electron chi connectivity index (χ2n) is 7.31. The van der Waals surface area contributed by atoms with Crippen LogP contribution < -0.4 is 10.1 Å². The van der Waals surface area contributed by atoms with Crippen LogP contribution in [0.15, 0.2) is 42.6 Å². The molecule has 0 aliphatic carbocycles. The molecule has 2 N–H and O–H groups in total. The number of benzene rings is 1. The molecule has 1 saturated heterocycles. The van der Waals surface area contributed by atoms with E-state index in [0.29, 0.717) is 44.0 Å². The van der Waals surface area contributed by atoms with Gasteiger partial charge in [-0.05, 0) is 50.1 Å². The lowest BCUT2D eigenvalue weighted by atomic mass is 9.90. The van der Waals surface area contributed by atoms with Gasteiger partial charge >= 0.3 is 0 Å². The maximum absolute atomic E-state index is 13.2. The Morgan fingerprint density at radius 3 is 2.86 bits per heavy atom. The van der Waals surface area contributed by atoms with E-state index in [1.165, 1.54) is 0 Å². The van der Waals surface area contributed by atoms with Crippen LogP contribution >= 0.6 is 11.3 Å². The monoisotopic (exact) mass is 412 g/mol. The summed E-state index contributed by atoms with van der Waals surface area (Å²) in [6.07, 6.45) is 2.95. The topological polar surface area (TPSA) is 80.7 Å². The van der Waals surface area contributed by atoms with Crippen molar-refractivity contribution in [1.29, 1.82) is 0 Å². The summed E-state index contributed by atoms with van der Waals surface area (Å²) in [6.45, 7) is 3.29. The highest BCUT2D eigenvalue weighted by molar-refractivity contribution is 7.19. The van der Waals surface area contributed by atoms with Crippen LogP contribution in [0.4, 0.5) is 0 Å². The molecule has 6 nitrogen and oxygen atoms in total. The molecule has 0 saturated carbocycles. The zero-order chi connectivity index (χ0) is 20.3. The Kier molecular flexibility index (Phi) is 5.80. The third-order valence-corrected chi connectivity index (χ3v) is 6.39. The van der Waals surface area contributed by atoms with Crippen molar-refractivity contribution in [1.82, 2.24) is 10.3 Å². The summed E-state index contributed by atoms with van der Waals surface area (Å²) in [5.74, 6) is 0.532. The molecule has 29 heavy (non-hydrogen) atoms. The Morgan fingerprint density at radius 2 is 2.14 bits per heavy atom. The Bertz CT molecular complexity index is 997. The Hall–Kier alpha value is -2.48. The standard InChI is InChI=1S/C22H24N2O4S/c1-15-20(21(26)24-22(14-25)7-10-27-11-8-22)18-12-17(5-6-19(18)29-15)28-13-16-4-2-3-9-23-16/h2-6,9,12,25H,7-8,10-11,13-14H2,1H3,(H,24,26). The Labute approximate surface area is 173 Å². The predicted molar refractivity (Wildman–Crippen MR) is 112 cm³/mol. The van der Waals surface area contributed by atoms with Crippen molar-refractivity contribution in [3.63, 3.8) is 0 Å². The van der Waals surface area contributed by atoms with Gasteiger partial charge in [0, 0.05) is 34.4 Å². The Morgan fingerprint density at radius 1 is 1.31 bits per heavy atom. The number of thiophene rings is 1. The van der Waals surface area contributed by atoms with Crippen molar-refractivity contribution >= 4 is 27.3 Å². The van der Waals surface area contributed by atoms with Gasteiger partial charge in [-0.15, -0.1) is 11.3 Å². The van der Waals surface area contributed by atoms with Gasteiger partial charge in [0.15, 0.2) is 0 Å². The number of hydrogen-bond donors (Lipinski definition) is 2. The van der Waals surface area contributed by atoms with Crippen LogP contribution in [0.2, 0.25) is 0 Å². The van der Waals surface area contributed by atoms with Crippen molar-refractivity contribution in [2.45, 2.75) is 31.9 Å². The average molecular weight is 413 g/mol. The first kappa shape index (κ1) is 19.8. The molecule has 2 aromatic heterocycles. The van der Waals surface area contributed by atoms with Crippen molar-refractivity contribution in [3.8, 4) is 5.75 Å². The number of amides is 1. The van der Waals surface area contributed by atoms with Crippen molar-refractivity contribution in [2.24, 2.45) is 0 Å². The van der Waals surface area contributed by atoms with Crippen molar-refractivity contribution in [3.05, 3.63) is 58.7 Å². The summed E-state index contributed by atoms with van der Waals surface area (Å²) < 4.78 is 12.3. The summed E-state index contributed by atoms with van der Waals surface area (Å²) in [5, 5.41) is 13.8. The van der Waals surface area contributed by atoms with E-state index in [4.69, 9.17) is 9.47 Å². The first-order chi connectivity index (χ1) is 14.1. The maximum Gasteiger partial charge on any atom is 0.253 e. The van der Waals surface area contributed by atoms with Gasteiger partial charge in [0.05, 0.1) is 23.4 Å². The van der Waals surface area contributed by atoms with E-state index in [1.807, 2.05) is 43.3 Å². The van der Waals surface area contributed by atoms with Crippen LogP contribution in [0.3, 0.4) is 0 Å². The molecule has 0 spiro atoms. The summed E-state index contributed by atoms with van der Waals surface area (Å²) in [7, 11) is 0. The van der Waals surface area contributed by atoms with Crippen LogP contribution in [0, 0.1) is 6.92 Å². The highest BCUT2D eigenvalue weighted by Gasteiger charge is 2.34. The van der Waals surface area contributed by atoms with Crippen LogP contribution in [0.5, 0.6) is 5.75 Å². The number of ether oxygens (including phenoxy) is 2. The lowest BCUT2D eigenvalue weighted by molar-refractivity contribution is 0.0126. The highest BCUT2D eigenvalue weighted by atomic mass is 32.1. The summed E-state index contributed by atoms with van der Waals surface area (Å²) in [6, 6.07) is 11.5. The molecule has 3 heterocycles. The third kappa shape index (κ3) is 4.27. The molecule has 152 valence electrons. The van der Waals surface area contributed by atoms with E-state index in [9.17, 15) is 9.90 Å². The SMILES string of the molecule is Cc1sc2ccc(OCc3ccccn3)cc2c1C(=O)NC1(CO)CCOCC1. The van der Waals surface area contributed by atoms with E-state index in [0.717, 1.165) is 20.7 Å². The number of nitrogens with one attached hydrogen (secondary N) is 1. The van der Waals surface area contributed by atoms with Crippen LogP contribution in [0.1, 0.15) is 33.8 Å². The van der Waals surface area contributed by atoms with E-state index in [1.54, 1.807) is 17.5 Å². The summed E-state index contributed by atoms with van der Waals surface area (Å²) in [4.78, 5) is 18.4. The molecule has 7 heteroatoms. The maximum atomic E-state index is 13.2. The fourth-order valence-electron chi connectivity index (χ4n) is 3.60. The van der Waals surface area contributed by atoms with Crippen LogP contribution in [-0.2, 0) is 11.3 Å². The number of carbonyl (C=O) groups excluding carboxylic acids is 1. The third-order valence-electron chi connectivity index (χ3n) is 5.31. The normalized spacial score (nSPS) is 15.9. The van der Waals surface area contributed by atoms with E-state index in [-0.39, 0.29) is 12.5 Å². The zero-order valence-corrected chi connectivity index (χ0v) is 17.1. The van der Waals surface area contributed by atoms with Crippen LogP contribution in [-0.4, -0.2) is 41.4 Å². The summed E-state index contributed by atoms with van der Waals surface area (Å²) in [5.41, 5.74) is 0.868. The fraction of sp³-hybridized carbons (Fsp3) is 0.364. The van der Waals surface area contributed by atoms with Crippen LogP contribution in [0.25, 0.3) is 10.1 Å². The van der Waals surface area contributed by atoms with Gasteiger partial charge in [-0.3, -0.25) is 9.78 Å². The van der Waals surface area contributed by atoms with Gasteiger partial charge in [-0.1, -0.05) is 6.07 Å². The minimum Gasteiger partial charge on any atom is -0.487 e. The van der Waals surface area contributed by atoms with Crippen molar-refractivity contribution < 1.29 is 19.4 Å². The fourth-order valence-corrected chi connectivity index (χ4v) is 4.64. The average Bonchev–Trinajstić information content (AvgIpc) is 3.08.